The molecule has 1 unspecified atom stereocenters. The van der Waals surface area contributed by atoms with Crippen LogP contribution in [0.25, 0.3) is 11.1 Å². The van der Waals surface area contributed by atoms with Crippen molar-refractivity contribution in [3.63, 3.8) is 0 Å². The molecular weight excluding hydrogens is 260 g/mol. The molecule has 2 heteroatoms. The van der Waals surface area contributed by atoms with Crippen LogP contribution in [0.15, 0.2) is 48.5 Å². The second-order valence-electron chi connectivity index (χ2n) is 6.58. The molecule has 1 spiro atoms. The topological polar surface area (TPSA) is 26.3 Å². The van der Waals surface area contributed by atoms with Gasteiger partial charge in [0.05, 0.1) is 13.0 Å². The molecular formula is C19H18O2. The minimum atomic E-state index is -0.229. The normalized spacial score (nSPS) is 22.5. The van der Waals surface area contributed by atoms with Crippen LogP contribution in [-0.2, 0) is 14.9 Å². The quantitative estimate of drug-likeness (QED) is 0.742. The fourth-order valence-electron chi connectivity index (χ4n) is 4.63. The molecule has 2 aliphatic carbocycles. The number of rotatable bonds is 1. The summed E-state index contributed by atoms with van der Waals surface area (Å²) in [5, 5.41) is 0. The molecule has 0 saturated heterocycles. The predicted molar refractivity (Wildman–Crippen MR) is 81.9 cm³/mol. The summed E-state index contributed by atoms with van der Waals surface area (Å²) >= 11 is 0. The van der Waals surface area contributed by atoms with Gasteiger partial charge in [-0.15, -0.1) is 0 Å². The van der Waals surface area contributed by atoms with Crippen molar-refractivity contribution in [2.45, 2.75) is 19.3 Å². The summed E-state index contributed by atoms with van der Waals surface area (Å²) in [6, 6.07) is 16.9. The molecule has 1 fully saturated rings. The van der Waals surface area contributed by atoms with Crippen LogP contribution in [0.1, 0.15) is 25.0 Å². The average Bonchev–Trinajstić information content (AvgIpc) is 2.88. The van der Waals surface area contributed by atoms with Crippen molar-refractivity contribution in [3.05, 3.63) is 59.7 Å². The Morgan fingerprint density at radius 1 is 0.952 bits per heavy atom. The summed E-state index contributed by atoms with van der Waals surface area (Å²) in [5.41, 5.74) is 4.70. The van der Waals surface area contributed by atoms with Crippen molar-refractivity contribution in [3.8, 4) is 11.1 Å². The van der Waals surface area contributed by atoms with E-state index in [0.717, 1.165) is 0 Å². The zero-order valence-electron chi connectivity index (χ0n) is 12.5. The molecule has 0 amide bonds. The number of hydrogen-bond acceptors (Lipinski definition) is 2. The van der Waals surface area contributed by atoms with Crippen molar-refractivity contribution in [2.24, 2.45) is 11.3 Å². The maximum Gasteiger partial charge on any atom is 0.310 e. The number of methoxy groups -OCH3 is 1. The number of esters is 1. The average molecular weight is 278 g/mol. The van der Waals surface area contributed by atoms with Gasteiger partial charge in [-0.1, -0.05) is 62.4 Å². The molecule has 0 heterocycles. The summed E-state index contributed by atoms with van der Waals surface area (Å²) in [6.07, 6.45) is 0. The highest BCUT2D eigenvalue weighted by Crippen LogP contribution is 2.77. The lowest BCUT2D eigenvalue weighted by molar-refractivity contribution is -0.143. The third-order valence-electron chi connectivity index (χ3n) is 5.52. The number of benzene rings is 2. The lowest BCUT2D eigenvalue weighted by Gasteiger charge is -2.17. The Balaban J connectivity index is 2.05. The zero-order chi connectivity index (χ0) is 14.8. The highest BCUT2D eigenvalue weighted by Gasteiger charge is 2.78. The summed E-state index contributed by atoms with van der Waals surface area (Å²) in [6.45, 7) is 4.35. The van der Waals surface area contributed by atoms with Crippen LogP contribution in [0.2, 0.25) is 0 Å². The minimum absolute atomic E-state index is 0.105. The summed E-state index contributed by atoms with van der Waals surface area (Å²) in [7, 11) is 1.48. The van der Waals surface area contributed by atoms with Crippen LogP contribution in [-0.4, -0.2) is 13.1 Å². The van der Waals surface area contributed by atoms with E-state index >= 15 is 0 Å². The number of carbonyl (C=O) groups is 1. The molecule has 2 aliphatic rings. The van der Waals surface area contributed by atoms with Gasteiger partial charge in [0.15, 0.2) is 0 Å². The highest BCUT2D eigenvalue weighted by molar-refractivity contribution is 5.92. The van der Waals surface area contributed by atoms with Gasteiger partial charge in [-0.05, 0) is 27.7 Å². The first-order valence-electron chi connectivity index (χ1n) is 7.34. The number of carbonyl (C=O) groups excluding carboxylic acids is 1. The van der Waals surface area contributed by atoms with E-state index in [1.807, 2.05) is 0 Å². The van der Waals surface area contributed by atoms with E-state index < -0.39 is 0 Å². The molecule has 2 aromatic rings. The molecule has 0 radical (unpaired) electrons. The summed E-state index contributed by atoms with van der Waals surface area (Å²) in [5.74, 6) is -0.216. The van der Waals surface area contributed by atoms with Crippen molar-refractivity contribution in [1.82, 2.24) is 0 Å². The van der Waals surface area contributed by atoms with Crippen LogP contribution in [0.3, 0.4) is 0 Å². The molecule has 1 saturated carbocycles. The maximum absolute atomic E-state index is 12.3. The first-order valence-corrected chi connectivity index (χ1v) is 7.34. The predicted octanol–water partition coefficient (Wildman–Crippen LogP) is 3.78. The second-order valence-corrected chi connectivity index (χ2v) is 6.58. The number of hydrogen-bond donors (Lipinski definition) is 0. The van der Waals surface area contributed by atoms with Crippen LogP contribution in [0, 0.1) is 11.3 Å². The molecule has 2 nitrogen and oxygen atoms in total. The van der Waals surface area contributed by atoms with Gasteiger partial charge in [0.1, 0.15) is 0 Å². The van der Waals surface area contributed by atoms with Crippen LogP contribution in [0.5, 0.6) is 0 Å². The molecule has 4 rings (SSSR count). The fourth-order valence-corrected chi connectivity index (χ4v) is 4.63. The van der Waals surface area contributed by atoms with E-state index in [1.54, 1.807) is 0 Å². The van der Waals surface area contributed by atoms with Crippen molar-refractivity contribution >= 4 is 5.97 Å². The number of fused-ring (bicyclic) bond motifs is 5. The monoisotopic (exact) mass is 278 g/mol. The Labute approximate surface area is 124 Å². The molecule has 2 aromatic carbocycles. The van der Waals surface area contributed by atoms with Gasteiger partial charge in [-0.3, -0.25) is 4.79 Å². The molecule has 21 heavy (non-hydrogen) atoms. The van der Waals surface area contributed by atoms with Crippen molar-refractivity contribution in [1.29, 1.82) is 0 Å². The van der Waals surface area contributed by atoms with Gasteiger partial charge in [-0.25, -0.2) is 0 Å². The van der Waals surface area contributed by atoms with Gasteiger partial charge >= 0.3 is 5.97 Å². The Morgan fingerprint density at radius 3 is 1.90 bits per heavy atom. The van der Waals surface area contributed by atoms with Crippen molar-refractivity contribution < 1.29 is 9.53 Å². The lowest BCUT2D eigenvalue weighted by Crippen LogP contribution is -2.16. The third-order valence-corrected chi connectivity index (χ3v) is 5.52. The fraction of sp³-hybridized carbons (Fsp3) is 0.316. The van der Waals surface area contributed by atoms with Gasteiger partial charge < -0.3 is 4.74 Å². The maximum atomic E-state index is 12.3. The smallest absolute Gasteiger partial charge is 0.310 e. The van der Waals surface area contributed by atoms with Crippen LogP contribution in [0.4, 0.5) is 0 Å². The number of ether oxygens (including phenoxy) is 1. The van der Waals surface area contributed by atoms with E-state index in [-0.39, 0.29) is 22.7 Å². The minimum Gasteiger partial charge on any atom is -0.469 e. The molecule has 0 N–H and O–H groups in total. The lowest BCUT2D eigenvalue weighted by atomic mass is 9.85. The Bertz CT molecular complexity index is 712. The second kappa shape index (κ2) is 3.76. The van der Waals surface area contributed by atoms with Crippen LogP contribution >= 0.6 is 0 Å². The SMILES string of the molecule is COC(=O)C1C(C)(C)C12c1ccccc1-c1ccccc12. The van der Waals surface area contributed by atoms with Gasteiger partial charge in [0.2, 0.25) is 0 Å². The van der Waals surface area contributed by atoms with E-state index in [4.69, 9.17) is 4.74 Å². The molecule has 106 valence electrons. The molecule has 0 bridgehead atoms. The molecule has 1 atom stereocenters. The first kappa shape index (κ1) is 12.6. The van der Waals surface area contributed by atoms with E-state index in [2.05, 4.69) is 62.4 Å². The largest absolute Gasteiger partial charge is 0.469 e. The Kier molecular flexibility index (Phi) is 2.26. The van der Waals surface area contributed by atoms with E-state index in [0.29, 0.717) is 0 Å². The van der Waals surface area contributed by atoms with E-state index in [1.165, 1.54) is 29.4 Å². The highest BCUT2D eigenvalue weighted by atomic mass is 16.5. The van der Waals surface area contributed by atoms with Gasteiger partial charge in [0.25, 0.3) is 0 Å². The Morgan fingerprint density at radius 2 is 1.43 bits per heavy atom. The third kappa shape index (κ3) is 1.22. The van der Waals surface area contributed by atoms with Gasteiger partial charge in [0, 0.05) is 5.41 Å². The zero-order valence-corrected chi connectivity index (χ0v) is 12.5. The van der Waals surface area contributed by atoms with Gasteiger partial charge in [-0.2, -0.15) is 0 Å². The molecule has 0 aromatic heterocycles. The van der Waals surface area contributed by atoms with E-state index in [9.17, 15) is 4.79 Å². The summed E-state index contributed by atoms with van der Waals surface area (Å²) in [4.78, 5) is 12.3. The van der Waals surface area contributed by atoms with Crippen molar-refractivity contribution in [2.75, 3.05) is 7.11 Å². The van der Waals surface area contributed by atoms with Crippen LogP contribution < -0.4 is 0 Å². The first-order chi connectivity index (χ1) is 10.1. The summed E-state index contributed by atoms with van der Waals surface area (Å²) < 4.78 is 5.09. The molecule has 0 aliphatic heterocycles. The Hall–Kier alpha value is -2.09. The standard InChI is InChI=1S/C19H18O2/c1-18(2)16(17(20)21-3)19(18)14-10-6-4-8-12(14)13-9-5-7-11-15(13)19/h4-11,16H,1-3H3.